The lowest BCUT2D eigenvalue weighted by molar-refractivity contribution is 0.00193. The standard InChI is InChI=1S/C9H15N3O/c1-9(2,3)13-11-7-8-5-6-10-12(8)4/h5-7H,1-4H3/b11-7+. The third-order valence-corrected chi connectivity index (χ3v) is 1.37. The molecule has 1 rings (SSSR count). The van der Waals surface area contributed by atoms with Crippen molar-refractivity contribution in [2.75, 3.05) is 0 Å². The Bertz CT molecular complexity index is 296. The van der Waals surface area contributed by atoms with Crippen LogP contribution in [0.15, 0.2) is 17.4 Å². The third kappa shape index (κ3) is 3.27. The molecule has 0 aliphatic rings. The lowest BCUT2D eigenvalue weighted by Gasteiger charge is -2.14. The van der Waals surface area contributed by atoms with Crippen molar-refractivity contribution in [1.82, 2.24) is 9.78 Å². The first kappa shape index (κ1) is 9.77. The first-order chi connectivity index (χ1) is 5.99. The molecule has 0 saturated heterocycles. The van der Waals surface area contributed by atoms with Crippen LogP contribution in [0, 0.1) is 0 Å². The second-order valence-corrected chi connectivity index (χ2v) is 3.82. The zero-order valence-corrected chi connectivity index (χ0v) is 8.48. The Morgan fingerprint density at radius 2 is 2.23 bits per heavy atom. The minimum absolute atomic E-state index is 0.241. The van der Waals surface area contributed by atoms with Crippen LogP contribution >= 0.6 is 0 Å². The van der Waals surface area contributed by atoms with E-state index in [0.29, 0.717) is 0 Å². The van der Waals surface area contributed by atoms with E-state index in [4.69, 9.17) is 4.84 Å². The summed E-state index contributed by atoms with van der Waals surface area (Å²) in [5.74, 6) is 0. The highest BCUT2D eigenvalue weighted by Crippen LogP contribution is 2.06. The van der Waals surface area contributed by atoms with Gasteiger partial charge in [0.2, 0.25) is 0 Å². The van der Waals surface area contributed by atoms with Crippen molar-refractivity contribution in [3.8, 4) is 0 Å². The van der Waals surface area contributed by atoms with Gasteiger partial charge in [0.15, 0.2) is 0 Å². The Morgan fingerprint density at radius 3 is 2.69 bits per heavy atom. The maximum Gasteiger partial charge on any atom is 0.129 e. The summed E-state index contributed by atoms with van der Waals surface area (Å²) in [5, 5.41) is 7.86. The average Bonchev–Trinajstić information content (AvgIpc) is 2.34. The molecule has 0 amide bonds. The van der Waals surface area contributed by atoms with Crippen molar-refractivity contribution in [2.24, 2.45) is 12.2 Å². The van der Waals surface area contributed by atoms with Gasteiger partial charge in [-0.1, -0.05) is 5.16 Å². The van der Waals surface area contributed by atoms with E-state index in [-0.39, 0.29) is 5.60 Å². The molecule has 4 heteroatoms. The molecule has 13 heavy (non-hydrogen) atoms. The predicted molar refractivity (Wildman–Crippen MR) is 51.6 cm³/mol. The molecule has 0 bridgehead atoms. The first-order valence-electron chi connectivity index (χ1n) is 4.18. The molecule has 1 aromatic heterocycles. The summed E-state index contributed by atoms with van der Waals surface area (Å²) in [5.41, 5.74) is 0.680. The largest absolute Gasteiger partial charge is 0.390 e. The van der Waals surface area contributed by atoms with E-state index in [9.17, 15) is 0 Å². The van der Waals surface area contributed by atoms with E-state index in [0.717, 1.165) is 5.69 Å². The van der Waals surface area contributed by atoms with Crippen LogP contribution < -0.4 is 0 Å². The van der Waals surface area contributed by atoms with Crippen molar-refractivity contribution in [2.45, 2.75) is 26.4 Å². The maximum atomic E-state index is 5.19. The van der Waals surface area contributed by atoms with Crippen molar-refractivity contribution >= 4 is 6.21 Å². The Morgan fingerprint density at radius 1 is 1.54 bits per heavy atom. The summed E-state index contributed by atoms with van der Waals surface area (Å²) in [6.07, 6.45) is 3.37. The van der Waals surface area contributed by atoms with Crippen molar-refractivity contribution < 1.29 is 4.84 Å². The molecule has 0 fully saturated rings. The summed E-state index contributed by atoms with van der Waals surface area (Å²) in [7, 11) is 1.86. The lowest BCUT2D eigenvalue weighted by Crippen LogP contribution is -2.15. The van der Waals surface area contributed by atoms with Crippen LogP contribution in [0.5, 0.6) is 0 Å². The van der Waals surface area contributed by atoms with Crippen molar-refractivity contribution in [3.05, 3.63) is 18.0 Å². The zero-order valence-electron chi connectivity index (χ0n) is 8.48. The molecule has 0 radical (unpaired) electrons. The minimum Gasteiger partial charge on any atom is -0.390 e. The highest BCUT2D eigenvalue weighted by molar-refractivity contribution is 5.76. The van der Waals surface area contributed by atoms with E-state index < -0.39 is 0 Å². The van der Waals surface area contributed by atoms with Gasteiger partial charge in [-0.2, -0.15) is 5.10 Å². The maximum absolute atomic E-state index is 5.19. The molecule has 0 saturated carbocycles. The van der Waals surface area contributed by atoms with Gasteiger partial charge in [0.25, 0.3) is 0 Å². The van der Waals surface area contributed by atoms with Crippen LogP contribution in [-0.2, 0) is 11.9 Å². The van der Waals surface area contributed by atoms with Crippen LogP contribution in [0.2, 0.25) is 0 Å². The molecule has 1 heterocycles. The number of hydrogen-bond acceptors (Lipinski definition) is 3. The summed E-state index contributed by atoms with van der Waals surface area (Å²) in [6.45, 7) is 5.86. The second kappa shape index (κ2) is 3.60. The van der Waals surface area contributed by atoms with Gasteiger partial charge in [-0.25, -0.2) is 0 Å². The SMILES string of the molecule is Cn1nccc1/C=N/OC(C)(C)C. The average molecular weight is 181 g/mol. The molecule has 0 atom stereocenters. The van der Waals surface area contributed by atoms with Gasteiger partial charge in [-0.05, 0) is 26.8 Å². The van der Waals surface area contributed by atoms with E-state index >= 15 is 0 Å². The molecule has 72 valence electrons. The molecule has 4 nitrogen and oxygen atoms in total. The van der Waals surface area contributed by atoms with Crippen molar-refractivity contribution in [3.63, 3.8) is 0 Å². The Kier molecular flexibility index (Phi) is 2.70. The monoisotopic (exact) mass is 181 g/mol. The minimum atomic E-state index is -0.241. The van der Waals surface area contributed by atoms with E-state index in [1.807, 2.05) is 33.9 Å². The Hall–Kier alpha value is -1.32. The van der Waals surface area contributed by atoms with Gasteiger partial charge in [0.05, 0.1) is 11.9 Å². The fourth-order valence-electron chi connectivity index (χ4n) is 0.749. The number of aromatic nitrogens is 2. The van der Waals surface area contributed by atoms with Gasteiger partial charge in [0.1, 0.15) is 5.60 Å². The zero-order chi connectivity index (χ0) is 9.90. The summed E-state index contributed by atoms with van der Waals surface area (Å²) < 4.78 is 1.73. The number of oxime groups is 1. The molecule has 0 unspecified atom stereocenters. The van der Waals surface area contributed by atoms with Gasteiger partial charge in [0, 0.05) is 13.2 Å². The normalized spacial score (nSPS) is 12.3. The molecular weight excluding hydrogens is 166 g/mol. The molecule has 0 spiro atoms. The highest BCUT2D eigenvalue weighted by atomic mass is 16.6. The lowest BCUT2D eigenvalue weighted by atomic mass is 10.2. The summed E-state index contributed by atoms with van der Waals surface area (Å²) in [6, 6.07) is 1.87. The predicted octanol–water partition coefficient (Wildman–Crippen LogP) is 1.57. The molecular formula is C9H15N3O. The second-order valence-electron chi connectivity index (χ2n) is 3.82. The summed E-state index contributed by atoms with van der Waals surface area (Å²) in [4.78, 5) is 5.19. The highest BCUT2D eigenvalue weighted by Gasteiger charge is 2.09. The number of hydrogen-bond donors (Lipinski definition) is 0. The van der Waals surface area contributed by atoms with Crippen molar-refractivity contribution in [1.29, 1.82) is 0 Å². The smallest absolute Gasteiger partial charge is 0.129 e. The first-order valence-corrected chi connectivity index (χ1v) is 4.18. The molecule has 0 aliphatic heterocycles. The van der Waals surface area contributed by atoms with E-state index in [2.05, 4.69) is 10.3 Å². The van der Waals surface area contributed by atoms with E-state index in [1.54, 1.807) is 17.1 Å². The van der Waals surface area contributed by atoms with Gasteiger partial charge < -0.3 is 4.84 Å². The number of rotatable bonds is 2. The summed E-state index contributed by atoms with van der Waals surface area (Å²) >= 11 is 0. The Labute approximate surface area is 78.2 Å². The number of nitrogens with zero attached hydrogens (tertiary/aromatic N) is 3. The van der Waals surface area contributed by atoms with Crippen LogP contribution in [0.1, 0.15) is 26.5 Å². The molecule has 1 aromatic rings. The fourth-order valence-corrected chi connectivity index (χ4v) is 0.749. The molecule has 0 N–H and O–H groups in total. The Balaban J connectivity index is 2.55. The van der Waals surface area contributed by atoms with E-state index in [1.165, 1.54) is 0 Å². The third-order valence-electron chi connectivity index (χ3n) is 1.37. The van der Waals surface area contributed by atoms with Crippen LogP contribution in [0.4, 0.5) is 0 Å². The molecule has 0 aliphatic carbocycles. The topological polar surface area (TPSA) is 39.4 Å². The quantitative estimate of drug-likeness (QED) is 0.513. The number of aryl methyl sites for hydroxylation is 1. The van der Waals surface area contributed by atoms with Crippen LogP contribution in [0.3, 0.4) is 0 Å². The fraction of sp³-hybridized carbons (Fsp3) is 0.556. The van der Waals surface area contributed by atoms with Gasteiger partial charge in [-0.3, -0.25) is 4.68 Å². The molecule has 0 aromatic carbocycles. The van der Waals surface area contributed by atoms with Gasteiger partial charge in [-0.15, -0.1) is 0 Å². The van der Waals surface area contributed by atoms with Crippen LogP contribution in [0.25, 0.3) is 0 Å². The van der Waals surface area contributed by atoms with Gasteiger partial charge >= 0.3 is 0 Å². The van der Waals surface area contributed by atoms with Crippen LogP contribution in [-0.4, -0.2) is 21.6 Å².